The molecule has 2 aromatic heterocycles. The van der Waals surface area contributed by atoms with Crippen molar-refractivity contribution in [3.63, 3.8) is 0 Å². The molecule has 0 radical (unpaired) electrons. The fraction of sp³-hybridized carbons (Fsp3) is 0.600. The quantitative estimate of drug-likeness (QED) is 0.661. The first-order valence-corrected chi connectivity index (χ1v) is 8.30. The van der Waals surface area contributed by atoms with Crippen molar-refractivity contribution in [3.05, 3.63) is 22.6 Å². The summed E-state index contributed by atoms with van der Waals surface area (Å²) < 4.78 is 3.14. The van der Waals surface area contributed by atoms with Gasteiger partial charge in [-0.05, 0) is 54.6 Å². The van der Waals surface area contributed by atoms with E-state index in [2.05, 4.69) is 51.2 Å². The number of rotatable bonds is 5. The summed E-state index contributed by atoms with van der Waals surface area (Å²) in [6, 6.07) is 2.35. The van der Waals surface area contributed by atoms with Gasteiger partial charge in [-0.15, -0.1) is 11.6 Å². The smallest absolute Gasteiger partial charge is 0.160 e. The molecule has 2 unspecified atom stereocenters. The number of hydrogen-bond donors (Lipinski definition) is 0. The van der Waals surface area contributed by atoms with Crippen LogP contribution >= 0.6 is 27.5 Å². The van der Waals surface area contributed by atoms with Crippen LogP contribution in [0.25, 0.3) is 11.2 Å². The largest absolute Gasteiger partial charge is 0.309 e. The summed E-state index contributed by atoms with van der Waals surface area (Å²) in [7, 11) is 0. The van der Waals surface area contributed by atoms with E-state index in [1.54, 1.807) is 0 Å². The second-order valence-electron chi connectivity index (χ2n) is 5.77. The molecule has 0 aromatic carbocycles. The highest BCUT2D eigenvalue weighted by Gasteiger charge is 2.20. The molecule has 0 amide bonds. The number of halogens is 2. The molecule has 20 heavy (non-hydrogen) atoms. The lowest BCUT2D eigenvalue weighted by Gasteiger charge is -2.19. The molecule has 0 saturated carbocycles. The van der Waals surface area contributed by atoms with Crippen molar-refractivity contribution < 1.29 is 0 Å². The van der Waals surface area contributed by atoms with Crippen molar-refractivity contribution in [1.29, 1.82) is 0 Å². The Kier molecular flexibility index (Phi) is 5.08. The van der Waals surface area contributed by atoms with Crippen LogP contribution in [0.1, 0.15) is 57.8 Å². The molecule has 2 aromatic rings. The average molecular weight is 359 g/mol. The van der Waals surface area contributed by atoms with Crippen molar-refractivity contribution in [2.75, 3.05) is 0 Å². The van der Waals surface area contributed by atoms with E-state index in [1.165, 1.54) is 6.42 Å². The molecule has 110 valence electrons. The van der Waals surface area contributed by atoms with Gasteiger partial charge in [-0.2, -0.15) is 0 Å². The molecule has 0 spiro atoms. The maximum Gasteiger partial charge on any atom is 0.160 e. The first-order chi connectivity index (χ1) is 9.40. The van der Waals surface area contributed by atoms with E-state index >= 15 is 0 Å². The van der Waals surface area contributed by atoms with Crippen molar-refractivity contribution in [1.82, 2.24) is 14.5 Å². The Hall–Kier alpha value is -0.610. The summed E-state index contributed by atoms with van der Waals surface area (Å²) >= 11 is 9.75. The maximum atomic E-state index is 6.30. The Morgan fingerprint density at radius 3 is 2.55 bits per heavy atom. The molecule has 0 aliphatic carbocycles. The Morgan fingerprint density at radius 1 is 1.25 bits per heavy atom. The third-order valence-corrected chi connectivity index (χ3v) is 4.11. The van der Waals surface area contributed by atoms with Gasteiger partial charge in [0.05, 0.1) is 5.38 Å². The van der Waals surface area contributed by atoms with Gasteiger partial charge in [0.25, 0.3) is 0 Å². The number of fused-ring (bicyclic) bond motifs is 1. The lowest BCUT2D eigenvalue weighted by atomic mass is 10.0. The van der Waals surface area contributed by atoms with Crippen LogP contribution in [-0.2, 0) is 0 Å². The van der Waals surface area contributed by atoms with E-state index in [0.717, 1.165) is 27.9 Å². The van der Waals surface area contributed by atoms with Gasteiger partial charge in [0.2, 0.25) is 0 Å². The molecule has 2 atom stereocenters. The third kappa shape index (κ3) is 3.34. The Bertz CT molecular complexity index is 592. The molecule has 3 nitrogen and oxygen atoms in total. The normalized spacial score (nSPS) is 14.9. The Labute approximate surface area is 133 Å². The number of nitrogens with zero attached hydrogens (tertiary/aromatic N) is 3. The molecular formula is C15H21BrClN3. The molecule has 0 aliphatic heterocycles. The molecule has 5 heteroatoms. The molecule has 2 heterocycles. The number of pyridine rings is 1. The van der Waals surface area contributed by atoms with Crippen molar-refractivity contribution in [2.45, 2.75) is 52.0 Å². The minimum Gasteiger partial charge on any atom is -0.309 e. The summed E-state index contributed by atoms with van der Waals surface area (Å²) in [4.78, 5) is 9.19. The van der Waals surface area contributed by atoms with Crippen LogP contribution in [0.2, 0.25) is 0 Å². The second-order valence-corrected chi connectivity index (χ2v) is 7.34. The zero-order valence-corrected chi connectivity index (χ0v) is 14.7. The van der Waals surface area contributed by atoms with Crippen LogP contribution in [0, 0.1) is 5.92 Å². The van der Waals surface area contributed by atoms with Crippen LogP contribution in [0.3, 0.4) is 0 Å². The highest BCUT2D eigenvalue weighted by atomic mass is 79.9. The fourth-order valence-corrected chi connectivity index (χ4v) is 2.87. The van der Waals surface area contributed by atoms with Gasteiger partial charge >= 0.3 is 0 Å². The minimum absolute atomic E-state index is 0.121. The van der Waals surface area contributed by atoms with E-state index in [-0.39, 0.29) is 5.38 Å². The van der Waals surface area contributed by atoms with E-state index in [9.17, 15) is 0 Å². The van der Waals surface area contributed by atoms with Crippen LogP contribution in [0.5, 0.6) is 0 Å². The van der Waals surface area contributed by atoms with Crippen LogP contribution in [0.15, 0.2) is 16.7 Å². The Balaban J connectivity index is 2.45. The van der Waals surface area contributed by atoms with Crippen LogP contribution in [0.4, 0.5) is 0 Å². The lowest BCUT2D eigenvalue weighted by Crippen LogP contribution is -2.11. The molecule has 0 fully saturated rings. The van der Waals surface area contributed by atoms with Gasteiger partial charge in [0.15, 0.2) is 5.65 Å². The van der Waals surface area contributed by atoms with Gasteiger partial charge in [0, 0.05) is 16.7 Å². The standard InChI is InChI=1S/C15H21BrClN3/c1-9(2)5-6-10(3)20-14(11(4)17)19-13-7-12(16)8-18-15(13)20/h7-11H,5-6H2,1-4H3. The Morgan fingerprint density at radius 2 is 1.95 bits per heavy atom. The number of imidazole rings is 1. The molecule has 0 saturated heterocycles. The summed E-state index contributed by atoms with van der Waals surface area (Å²) in [5.41, 5.74) is 1.82. The summed E-state index contributed by atoms with van der Waals surface area (Å²) in [6.45, 7) is 8.68. The van der Waals surface area contributed by atoms with Crippen molar-refractivity contribution in [3.8, 4) is 0 Å². The topological polar surface area (TPSA) is 30.7 Å². The summed E-state index contributed by atoms with van der Waals surface area (Å²) in [5, 5.41) is -0.121. The molecule has 0 N–H and O–H groups in total. The van der Waals surface area contributed by atoms with E-state index < -0.39 is 0 Å². The van der Waals surface area contributed by atoms with Crippen LogP contribution < -0.4 is 0 Å². The highest BCUT2D eigenvalue weighted by Crippen LogP contribution is 2.30. The van der Waals surface area contributed by atoms with Gasteiger partial charge in [0.1, 0.15) is 11.3 Å². The average Bonchev–Trinajstić information content (AvgIpc) is 2.74. The fourth-order valence-electron chi connectivity index (χ4n) is 2.39. The van der Waals surface area contributed by atoms with Gasteiger partial charge in [-0.1, -0.05) is 13.8 Å². The monoisotopic (exact) mass is 357 g/mol. The van der Waals surface area contributed by atoms with Gasteiger partial charge in [-0.25, -0.2) is 9.97 Å². The predicted octanol–water partition coefficient (Wildman–Crippen LogP) is 5.49. The highest BCUT2D eigenvalue weighted by molar-refractivity contribution is 9.10. The number of alkyl halides is 1. The number of hydrogen-bond acceptors (Lipinski definition) is 2. The molecular weight excluding hydrogens is 338 g/mol. The zero-order chi connectivity index (χ0) is 14.9. The van der Waals surface area contributed by atoms with E-state index in [4.69, 9.17) is 11.6 Å². The first kappa shape index (κ1) is 15.8. The zero-order valence-electron chi connectivity index (χ0n) is 12.4. The van der Waals surface area contributed by atoms with Crippen molar-refractivity contribution in [2.24, 2.45) is 5.92 Å². The second kappa shape index (κ2) is 6.44. The van der Waals surface area contributed by atoms with E-state index in [0.29, 0.717) is 12.0 Å². The van der Waals surface area contributed by atoms with Crippen molar-refractivity contribution >= 4 is 38.7 Å². The maximum absolute atomic E-state index is 6.30. The van der Waals surface area contributed by atoms with E-state index in [1.807, 2.05) is 19.2 Å². The van der Waals surface area contributed by atoms with Gasteiger partial charge < -0.3 is 4.57 Å². The van der Waals surface area contributed by atoms with Crippen LogP contribution in [-0.4, -0.2) is 14.5 Å². The van der Waals surface area contributed by atoms with Gasteiger partial charge in [-0.3, -0.25) is 0 Å². The first-order valence-electron chi connectivity index (χ1n) is 7.07. The molecule has 0 bridgehead atoms. The SMILES string of the molecule is CC(C)CCC(C)n1c(C(C)Cl)nc2cc(Br)cnc21. The third-order valence-electron chi connectivity index (χ3n) is 3.48. The molecule has 2 rings (SSSR count). The summed E-state index contributed by atoms with van der Waals surface area (Å²) in [5.74, 6) is 1.61. The molecule has 0 aliphatic rings. The minimum atomic E-state index is -0.121. The predicted molar refractivity (Wildman–Crippen MR) is 88.3 cm³/mol. The number of aromatic nitrogens is 3. The lowest BCUT2D eigenvalue weighted by molar-refractivity contribution is 0.435. The summed E-state index contributed by atoms with van der Waals surface area (Å²) in [6.07, 6.45) is 4.11.